The van der Waals surface area contributed by atoms with Crippen LogP contribution in [0.4, 0.5) is 17.1 Å². The van der Waals surface area contributed by atoms with Gasteiger partial charge in [-0.05, 0) is 224 Å². The van der Waals surface area contributed by atoms with Crippen LogP contribution in [0, 0.1) is 0 Å². The molecule has 1 aliphatic rings. The van der Waals surface area contributed by atoms with Crippen LogP contribution in [-0.2, 0) is 32.5 Å². The van der Waals surface area contributed by atoms with E-state index in [1.165, 1.54) is 202 Å². The fourth-order valence-corrected chi connectivity index (χ4v) is 21.4. The Morgan fingerprint density at radius 1 is 0.246 bits per heavy atom. The smallest absolute Gasteiger partial charge is 0.136 e. The number of fused-ring (bicyclic) bond motifs is 19. The van der Waals surface area contributed by atoms with Gasteiger partial charge in [-0.25, -0.2) is 0 Å². The van der Waals surface area contributed by atoms with Crippen molar-refractivity contribution in [1.82, 2.24) is 9.13 Å². The molecule has 0 unspecified atom stereocenters. The van der Waals surface area contributed by atoms with Crippen LogP contribution in [0.2, 0.25) is 0 Å². The first-order valence-corrected chi connectivity index (χ1v) is 49.6. The Morgan fingerprint density at radius 2 is 0.659 bits per heavy atom. The minimum Gasteiger partial charge on any atom is -0.456 e. The number of thiophene rings is 1. The molecule has 24 rings (SSSR count). The van der Waals surface area contributed by atoms with Gasteiger partial charge in [0.2, 0.25) is 0 Å². The van der Waals surface area contributed by atoms with E-state index in [0.717, 1.165) is 16.9 Å². The number of nitrogens with zero attached hydrogens (tertiary/aromatic N) is 3. The van der Waals surface area contributed by atoms with Crippen LogP contribution in [0.1, 0.15) is 157 Å². The third-order valence-corrected chi connectivity index (χ3v) is 29.2. The summed E-state index contributed by atoms with van der Waals surface area (Å²) < 4.78 is 13.5. The van der Waals surface area contributed by atoms with E-state index in [1.807, 2.05) is 23.5 Å². The second-order valence-corrected chi connectivity index (χ2v) is 43.9. The van der Waals surface area contributed by atoms with Crippen LogP contribution in [-0.4, -0.2) is 9.13 Å². The summed E-state index contributed by atoms with van der Waals surface area (Å²) in [5.41, 5.74) is 33.4. The number of anilines is 3. The highest BCUT2D eigenvalue weighted by atomic mass is 32.1. The molecule has 19 aromatic carbocycles. The van der Waals surface area contributed by atoms with Gasteiger partial charge in [0, 0.05) is 91.6 Å². The van der Waals surface area contributed by atoms with Crippen molar-refractivity contribution in [2.75, 3.05) is 4.90 Å². The van der Waals surface area contributed by atoms with Crippen molar-refractivity contribution in [1.29, 1.82) is 0 Å². The average Bonchev–Trinajstić information content (AvgIpc) is 1.58. The van der Waals surface area contributed by atoms with Crippen molar-refractivity contribution >= 4 is 136 Å². The Hall–Kier alpha value is -14.9. The van der Waals surface area contributed by atoms with Gasteiger partial charge in [-0.15, -0.1) is 11.3 Å². The first-order chi connectivity index (χ1) is 66.4. The number of hydrogen-bond acceptors (Lipinski definition) is 3. The van der Waals surface area contributed by atoms with Crippen LogP contribution in [0.5, 0.6) is 0 Å². The monoisotopic (exact) mass is 1810 g/mol. The fraction of sp³-hybridized carbons (Fsp3) is 0.173. The maximum Gasteiger partial charge on any atom is 0.136 e. The molecule has 0 saturated carbocycles. The molecule has 1 aliphatic carbocycles. The Labute approximate surface area is 817 Å². The number of rotatable bonds is 8. The van der Waals surface area contributed by atoms with E-state index in [1.54, 1.807) is 0 Å². The first kappa shape index (κ1) is 90.9. The molecule has 4 heterocycles. The van der Waals surface area contributed by atoms with Crippen LogP contribution in [0.15, 0.2) is 429 Å². The highest BCUT2D eigenvalue weighted by Gasteiger charge is 2.36. The van der Waals surface area contributed by atoms with Gasteiger partial charge in [0.05, 0.1) is 27.8 Å². The molecule has 0 fully saturated rings. The summed E-state index contributed by atoms with van der Waals surface area (Å²) in [4.78, 5) is 2.42. The summed E-state index contributed by atoms with van der Waals surface area (Å²) >= 11 is 1.88. The van der Waals surface area contributed by atoms with Gasteiger partial charge in [0.1, 0.15) is 11.2 Å². The van der Waals surface area contributed by atoms with Crippen LogP contribution in [0.3, 0.4) is 0 Å². The second-order valence-electron chi connectivity index (χ2n) is 42.9. The van der Waals surface area contributed by atoms with Crippen LogP contribution >= 0.6 is 11.3 Å². The molecule has 680 valence electrons. The third kappa shape index (κ3) is 17.7. The van der Waals surface area contributed by atoms with Gasteiger partial charge >= 0.3 is 0 Å². The topological polar surface area (TPSA) is 26.2 Å². The van der Waals surface area contributed by atoms with E-state index >= 15 is 0 Å². The van der Waals surface area contributed by atoms with Gasteiger partial charge in [0.25, 0.3) is 0 Å². The maximum absolute atomic E-state index is 5.99. The lowest BCUT2D eigenvalue weighted by molar-refractivity contribution is 0.590. The van der Waals surface area contributed by atoms with Gasteiger partial charge in [-0.2, -0.15) is 0 Å². The van der Waals surface area contributed by atoms with E-state index in [0.29, 0.717) is 0 Å². The molecule has 4 aromatic heterocycles. The van der Waals surface area contributed by atoms with E-state index in [-0.39, 0.29) is 32.5 Å². The normalized spacial score (nSPS) is 12.6. The van der Waals surface area contributed by atoms with Gasteiger partial charge < -0.3 is 18.5 Å². The van der Waals surface area contributed by atoms with Gasteiger partial charge in [-0.3, -0.25) is 0 Å². The summed E-state index contributed by atoms with van der Waals surface area (Å²) in [7, 11) is 0. The van der Waals surface area contributed by atoms with Crippen LogP contribution in [0.25, 0.3) is 163 Å². The summed E-state index contributed by atoms with van der Waals surface area (Å²) in [6, 6.07) is 154. The highest BCUT2D eigenvalue weighted by Crippen LogP contribution is 2.53. The zero-order valence-corrected chi connectivity index (χ0v) is 83.4. The van der Waals surface area contributed by atoms with E-state index in [4.69, 9.17) is 4.42 Å². The average molecular weight is 1810 g/mol. The van der Waals surface area contributed by atoms with Crippen molar-refractivity contribution in [2.24, 2.45) is 0 Å². The van der Waals surface area contributed by atoms with E-state index in [9.17, 15) is 0 Å². The summed E-state index contributed by atoms with van der Waals surface area (Å²) in [5, 5.41) is 15.5. The standard InChI is InChI=1S/C37H35N.2C26H23N.C22H20O.C22H20S/c1-36(2,3)27-19-21-28(22-20-27)38(35-18-12-10-15-30(35)26-13-7-6-8-14-26)29-23-24-32-31-16-9-11-17-33(31)37(4,5)34(32)25-29;1-26(2,3)19-13-15-20(16-14-19)27-24-11-7-6-10-22(24)23-17-12-18-8-4-5-9-21(18)25(23)27;1-26(2,3)19-13-15-20(16-14-19)27-23-11-7-6-10-22(23)25-21-9-5-4-8-18(21)12-17-24(25)27;2*1-22(2,3)17-11-8-15(9-12-17)16-10-13-19-18-6-4-5-7-20(18)23-21(19)14-16/h6-25H,1-5H3;2*4-17H,1-3H3;2*4-14H,1-3H3. The summed E-state index contributed by atoms with van der Waals surface area (Å²) in [6.07, 6.45) is 0. The molecule has 0 spiro atoms. The maximum atomic E-state index is 5.99. The number of hydrogen-bond donors (Lipinski definition) is 0. The predicted octanol–water partition coefficient (Wildman–Crippen LogP) is 38.5. The molecule has 0 N–H and O–H groups in total. The largest absolute Gasteiger partial charge is 0.456 e. The zero-order chi connectivity index (χ0) is 95.7. The number of aromatic nitrogens is 2. The Bertz CT molecular complexity index is 8260. The van der Waals surface area contributed by atoms with Crippen molar-refractivity contribution in [3.05, 3.63) is 464 Å². The molecule has 5 heteroatoms. The molecule has 4 nitrogen and oxygen atoms in total. The lowest BCUT2D eigenvalue weighted by Gasteiger charge is -2.30. The SMILES string of the molecule is CC(C)(C)c1ccc(-c2ccc3c(c2)oc2ccccc23)cc1.CC(C)(C)c1ccc(-c2ccc3c(c2)sc2ccccc23)cc1.CC(C)(C)c1ccc(-n2c3ccccc3c3c4ccccc4ccc32)cc1.CC(C)(C)c1ccc(-n2c3ccccc3c3ccc4ccccc4c32)cc1.CC(C)(C)c1ccc(N(c2ccc3c(c2)C(C)(C)c2ccccc2-3)c2ccccc2-c2ccccc2)cc1. The third-order valence-electron chi connectivity index (χ3n) is 28.1. The first-order valence-electron chi connectivity index (χ1n) is 48.8. The number of furan rings is 1. The van der Waals surface area contributed by atoms with Gasteiger partial charge in [0.15, 0.2) is 0 Å². The second kappa shape index (κ2) is 36.3. The molecule has 0 bridgehead atoms. The lowest BCUT2D eigenvalue weighted by Crippen LogP contribution is -2.17. The van der Waals surface area contributed by atoms with Crippen molar-refractivity contribution in [3.63, 3.8) is 0 Å². The van der Waals surface area contributed by atoms with Gasteiger partial charge in [-0.1, -0.05) is 439 Å². The van der Waals surface area contributed by atoms with Crippen LogP contribution < -0.4 is 4.90 Å². The quantitative estimate of drug-likeness (QED) is 0.152. The molecule has 0 atom stereocenters. The summed E-state index contributed by atoms with van der Waals surface area (Å²) in [6.45, 7) is 38.5. The fourth-order valence-electron chi connectivity index (χ4n) is 20.3. The number of para-hydroxylation sites is 4. The summed E-state index contributed by atoms with van der Waals surface area (Å²) in [5.74, 6) is 0. The van der Waals surface area contributed by atoms with E-state index < -0.39 is 0 Å². The van der Waals surface area contributed by atoms with Crippen molar-refractivity contribution in [2.45, 2.75) is 150 Å². The molecule has 0 saturated heterocycles. The van der Waals surface area contributed by atoms with E-state index in [2.05, 4.69) is 544 Å². The Balaban J connectivity index is 0.000000108. The Kier molecular flexibility index (Phi) is 23.9. The lowest BCUT2D eigenvalue weighted by atomic mass is 9.82. The highest BCUT2D eigenvalue weighted by molar-refractivity contribution is 7.25. The minimum atomic E-state index is -0.0529. The molecule has 23 aromatic rings. The number of benzene rings is 19. The molecule has 0 aliphatic heterocycles. The molecule has 0 radical (unpaired) electrons. The molecule has 0 amide bonds. The predicted molar refractivity (Wildman–Crippen MR) is 598 cm³/mol. The Morgan fingerprint density at radius 3 is 1.27 bits per heavy atom. The van der Waals surface area contributed by atoms with Crippen molar-refractivity contribution < 1.29 is 4.42 Å². The molecule has 138 heavy (non-hydrogen) atoms. The zero-order valence-electron chi connectivity index (χ0n) is 82.6. The minimum absolute atomic E-state index is 0.0529. The molecular weight excluding hydrogens is 1690 g/mol. The molecular formula is C133H121N3OS. The van der Waals surface area contributed by atoms with Crippen molar-refractivity contribution in [3.8, 4) is 55.9 Å².